The molecule has 2 rings (SSSR count). The lowest BCUT2D eigenvalue weighted by Gasteiger charge is -2.24. The fourth-order valence-electron chi connectivity index (χ4n) is 2.71. The van der Waals surface area contributed by atoms with E-state index >= 15 is 0 Å². The van der Waals surface area contributed by atoms with Crippen LogP contribution in [0.3, 0.4) is 0 Å². The zero-order valence-corrected chi connectivity index (χ0v) is 11.9. The Hall–Kier alpha value is -0.380. The van der Waals surface area contributed by atoms with Gasteiger partial charge in [0.15, 0.2) is 0 Å². The van der Waals surface area contributed by atoms with Crippen LogP contribution < -0.4 is 11.1 Å². The van der Waals surface area contributed by atoms with Crippen molar-refractivity contribution in [2.45, 2.75) is 38.3 Å². The van der Waals surface area contributed by atoms with Gasteiger partial charge in [0.25, 0.3) is 0 Å². The first-order chi connectivity index (χ1) is 8.20. The van der Waals surface area contributed by atoms with Crippen LogP contribution >= 0.6 is 15.9 Å². The first-order valence-corrected chi connectivity index (χ1v) is 7.21. The summed E-state index contributed by atoms with van der Waals surface area (Å²) in [5.74, 6) is 0.660. The average molecular weight is 297 g/mol. The summed E-state index contributed by atoms with van der Waals surface area (Å²) in [6, 6.07) is 9.55. The highest BCUT2D eigenvalue weighted by atomic mass is 79.9. The number of rotatable bonds is 4. The van der Waals surface area contributed by atoms with Gasteiger partial charge in [-0.3, -0.25) is 0 Å². The Morgan fingerprint density at radius 2 is 2.06 bits per heavy atom. The molecule has 3 N–H and O–H groups in total. The zero-order valence-electron chi connectivity index (χ0n) is 10.3. The summed E-state index contributed by atoms with van der Waals surface area (Å²) in [7, 11) is 0. The van der Waals surface area contributed by atoms with Crippen molar-refractivity contribution in [3.8, 4) is 0 Å². The molecule has 0 radical (unpaired) electrons. The summed E-state index contributed by atoms with van der Waals surface area (Å²) >= 11 is 3.47. The summed E-state index contributed by atoms with van der Waals surface area (Å²) in [5, 5.41) is 3.72. The molecule has 1 aliphatic carbocycles. The van der Waals surface area contributed by atoms with Gasteiger partial charge < -0.3 is 11.1 Å². The van der Waals surface area contributed by atoms with Crippen LogP contribution in [0.5, 0.6) is 0 Å². The Morgan fingerprint density at radius 1 is 1.35 bits per heavy atom. The highest BCUT2D eigenvalue weighted by Crippen LogP contribution is 2.27. The molecule has 94 valence electrons. The number of nitrogens with two attached hydrogens (primary N) is 1. The van der Waals surface area contributed by atoms with E-state index < -0.39 is 0 Å². The second kappa shape index (κ2) is 5.98. The minimum Gasteiger partial charge on any atom is -0.330 e. The molecule has 0 aliphatic heterocycles. The maximum absolute atomic E-state index is 5.81. The van der Waals surface area contributed by atoms with Gasteiger partial charge in [0.05, 0.1) is 0 Å². The Bertz CT molecular complexity index is 350. The van der Waals surface area contributed by atoms with Crippen molar-refractivity contribution in [1.29, 1.82) is 0 Å². The lowest BCUT2D eigenvalue weighted by molar-refractivity contribution is 0.374. The molecular formula is C14H21BrN2. The van der Waals surface area contributed by atoms with Crippen LogP contribution in [0.1, 0.15) is 37.8 Å². The number of halogens is 1. The van der Waals surface area contributed by atoms with E-state index in [9.17, 15) is 0 Å². The van der Waals surface area contributed by atoms with Crippen LogP contribution in [0.4, 0.5) is 0 Å². The second-order valence-electron chi connectivity index (χ2n) is 4.97. The van der Waals surface area contributed by atoms with Crippen molar-refractivity contribution in [3.05, 3.63) is 34.3 Å². The van der Waals surface area contributed by atoms with Crippen LogP contribution in [0.15, 0.2) is 28.7 Å². The summed E-state index contributed by atoms with van der Waals surface area (Å²) in [5.41, 5.74) is 7.16. The molecule has 1 fully saturated rings. The van der Waals surface area contributed by atoms with Crippen molar-refractivity contribution in [3.63, 3.8) is 0 Å². The molecule has 0 spiro atoms. The lowest BCUT2D eigenvalue weighted by Crippen LogP contribution is -2.37. The zero-order chi connectivity index (χ0) is 12.3. The third-order valence-electron chi connectivity index (χ3n) is 3.80. The van der Waals surface area contributed by atoms with Crippen LogP contribution in [0.2, 0.25) is 0 Å². The van der Waals surface area contributed by atoms with Gasteiger partial charge in [0.2, 0.25) is 0 Å². The van der Waals surface area contributed by atoms with E-state index in [4.69, 9.17) is 5.73 Å². The summed E-state index contributed by atoms with van der Waals surface area (Å²) < 4.78 is 1.13. The van der Waals surface area contributed by atoms with Gasteiger partial charge in [0.1, 0.15) is 0 Å². The predicted molar refractivity (Wildman–Crippen MR) is 75.9 cm³/mol. The van der Waals surface area contributed by atoms with Crippen LogP contribution in [0.25, 0.3) is 0 Å². The molecule has 3 atom stereocenters. The van der Waals surface area contributed by atoms with Gasteiger partial charge in [-0.2, -0.15) is 0 Å². The number of benzene rings is 1. The molecule has 1 aromatic carbocycles. The Labute approximate surface area is 112 Å². The van der Waals surface area contributed by atoms with E-state index in [1.165, 1.54) is 24.8 Å². The minimum absolute atomic E-state index is 0.403. The van der Waals surface area contributed by atoms with E-state index in [-0.39, 0.29) is 0 Å². The van der Waals surface area contributed by atoms with Crippen molar-refractivity contribution < 1.29 is 0 Å². The monoisotopic (exact) mass is 296 g/mol. The van der Waals surface area contributed by atoms with Crippen LogP contribution in [0, 0.1) is 5.92 Å². The molecule has 3 heteroatoms. The van der Waals surface area contributed by atoms with Crippen LogP contribution in [-0.4, -0.2) is 12.6 Å². The van der Waals surface area contributed by atoms with Gasteiger partial charge in [0, 0.05) is 16.6 Å². The smallest absolute Gasteiger partial charge is 0.0294 e. The van der Waals surface area contributed by atoms with E-state index in [0.29, 0.717) is 18.0 Å². The normalized spacial score (nSPS) is 26.1. The molecule has 0 bridgehead atoms. The fourth-order valence-corrected chi connectivity index (χ4v) is 2.97. The molecule has 2 unspecified atom stereocenters. The Kier molecular flexibility index (Phi) is 4.60. The quantitative estimate of drug-likeness (QED) is 0.895. The standard InChI is InChI=1S/C14H21BrN2/c1-10(11-5-7-13(15)8-6-11)17-14-4-2-3-12(14)9-16/h5-8,10,12,14,17H,2-4,9,16H2,1H3/t10-,12?,14?/m0/s1. The van der Waals surface area contributed by atoms with Crippen molar-refractivity contribution in [1.82, 2.24) is 5.32 Å². The van der Waals surface area contributed by atoms with Gasteiger partial charge in [-0.05, 0) is 49.9 Å². The topological polar surface area (TPSA) is 38.0 Å². The minimum atomic E-state index is 0.403. The molecule has 17 heavy (non-hydrogen) atoms. The van der Waals surface area contributed by atoms with E-state index in [0.717, 1.165) is 11.0 Å². The molecule has 1 aliphatic rings. The summed E-state index contributed by atoms with van der Waals surface area (Å²) in [6.07, 6.45) is 3.86. The highest BCUT2D eigenvalue weighted by molar-refractivity contribution is 9.10. The van der Waals surface area contributed by atoms with Gasteiger partial charge in [-0.25, -0.2) is 0 Å². The second-order valence-corrected chi connectivity index (χ2v) is 5.89. The van der Waals surface area contributed by atoms with Gasteiger partial charge >= 0.3 is 0 Å². The van der Waals surface area contributed by atoms with Crippen molar-refractivity contribution in [2.75, 3.05) is 6.54 Å². The first kappa shape index (κ1) is 13.1. The Balaban J connectivity index is 1.96. The average Bonchev–Trinajstić information content (AvgIpc) is 2.77. The SMILES string of the molecule is C[C@H](NC1CCCC1CN)c1ccc(Br)cc1. The number of hydrogen-bond acceptors (Lipinski definition) is 2. The number of nitrogens with one attached hydrogen (secondary N) is 1. The lowest BCUT2D eigenvalue weighted by atomic mass is 10.0. The first-order valence-electron chi connectivity index (χ1n) is 6.42. The third kappa shape index (κ3) is 3.30. The fraction of sp³-hybridized carbons (Fsp3) is 0.571. The summed E-state index contributed by atoms with van der Waals surface area (Å²) in [6.45, 7) is 3.04. The highest BCUT2D eigenvalue weighted by Gasteiger charge is 2.26. The molecule has 0 amide bonds. The largest absolute Gasteiger partial charge is 0.330 e. The van der Waals surface area contributed by atoms with Gasteiger partial charge in [-0.1, -0.05) is 34.5 Å². The third-order valence-corrected chi connectivity index (χ3v) is 4.32. The number of hydrogen-bond donors (Lipinski definition) is 2. The molecule has 1 saturated carbocycles. The molecule has 2 nitrogen and oxygen atoms in total. The molecule has 0 aromatic heterocycles. The predicted octanol–water partition coefficient (Wildman–Crippen LogP) is 3.23. The van der Waals surface area contributed by atoms with E-state index in [1.807, 2.05) is 0 Å². The molecular weight excluding hydrogens is 276 g/mol. The van der Waals surface area contributed by atoms with Crippen molar-refractivity contribution >= 4 is 15.9 Å². The maximum atomic E-state index is 5.81. The molecule has 0 heterocycles. The Morgan fingerprint density at radius 3 is 2.71 bits per heavy atom. The maximum Gasteiger partial charge on any atom is 0.0294 e. The van der Waals surface area contributed by atoms with Gasteiger partial charge in [-0.15, -0.1) is 0 Å². The van der Waals surface area contributed by atoms with Crippen molar-refractivity contribution in [2.24, 2.45) is 11.7 Å². The van der Waals surface area contributed by atoms with E-state index in [1.54, 1.807) is 0 Å². The van der Waals surface area contributed by atoms with Crippen LogP contribution in [-0.2, 0) is 0 Å². The molecule has 1 aromatic rings. The van der Waals surface area contributed by atoms with E-state index in [2.05, 4.69) is 52.4 Å². The summed E-state index contributed by atoms with van der Waals surface area (Å²) in [4.78, 5) is 0. The molecule has 0 saturated heterocycles.